The topological polar surface area (TPSA) is 41.6 Å². The Balaban J connectivity index is 0.00000200. The molecule has 0 spiro atoms. The van der Waals surface area contributed by atoms with Crippen LogP contribution in [0.4, 0.5) is 0 Å². The van der Waals surface area contributed by atoms with Crippen molar-refractivity contribution in [2.75, 3.05) is 19.6 Å². The molecule has 4 nitrogen and oxygen atoms in total. The summed E-state index contributed by atoms with van der Waals surface area (Å²) in [5, 5.41) is 3.35. The summed E-state index contributed by atoms with van der Waals surface area (Å²) in [6.45, 7) is 7.16. The van der Waals surface area contributed by atoms with E-state index in [-0.39, 0.29) is 12.4 Å². The van der Waals surface area contributed by atoms with Gasteiger partial charge in [-0.1, -0.05) is 6.92 Å². The highest BCUT2D eigenvalue weighted by atomic mass is 35.5. The van der Waals surface area contributed by atoms with Crippen molar-refractivity contribution in [3.63, 3.8) is 0 Å². The van der Waals surface area contributed by atoms with E-state index < -0.39 is 0 Å². The van der Waals surface area contributed by atoms with Gasteiger partial charge in [0.05, 0.1) is 12.2 Å². The van der Waals surface area contributed by atoms with Gasteiger partial charge in [-0.2, -0.15) is 0 Å². The molecule has 0 radical (unpaired) electrons. The Bertz CT molecular complexity index is 296. The van der Waals surface area contributed by atoms with Gasteiger partial charge in [-0.25, -0.2) is 0 Å². The molecule has 2 rings (SSSR count). The van der Waals surface area contributed by atoms with Crippen LogP contribution in [0.15, 0.2) is 0 Å². The van der Waals surface area contributed by atoms with Crippen molar-refractivity contribution in [2.45, 2.75) is 70.6 Å². The predicted octanol–water partition coefficient (Wildman–Crippen LogP) is 2.36. The molecular weight excluding hydrogens is 276 g/mol. The van der Waals surface area contributed by atoms with Crippen LogP contribution < -0.4 is 5.32 Å². The fraction of sp³-hybridized carbons (Fsp3) is 0.933. The monoisotopic (exact) mass is 304 g/mol. The first kappa shape index (κ1) is 17.7. The fourth-order valence-corrected chi connectivity index (χ4v) is 3.18. The first-order chi connectivity index (χ1) is 9.20. The van der Waals surface area contributed by atoms with Crippen LogP contribution in [0.5, 0.6) is 0 Å². The molecule has 1 N–H and O–H groups in total. The van der Waals surface area contributed by atoms with Gasteiger partial charge in [0.2, 0.25) is 5.91 Å². The van der Waals surface area contributed by atoms with E-state index in [4.69, 9.17) is 4.74 Å². The summed E-state index contributed by atoms with van der Waals surface area (Å²) in [4.78, 5) is 14.5. The van der Waals surface area contributed by atoms with E-state index in [1.54, 1.807) is 0 Å². The van der Waals surface area contributed by atoms with E-state index in [1.807, 2.05) is 0 Å². The van der Waals surface area contributed by atoms with Crippen LogP contribution in [-0.2, 0) is 9.53 Å². The minimum absolute atomic E-state index is 0. The van der Waals surface area contributed by atoms with Crippen molar-refractivity contribution < 1.29 is 9.53 Å². The lowest BCUT2D eigenvalue weighted by atomic mass is 10.1. The molecule has 0 saturated carbocycles. The summed E-state index contributed by atoms with van der Waals surface area (Å²) in [7, 11) is 0. The Labute approximate surface area is 129 Å². The van der Waals surface area contributed by atoms with Gasteiger partial charge in [-0.15, -0.1) is 12.4 Å². The van der Waals surface area contributed by atoms with Gasteiger partial charge in [0.25, 0.3) is 0 Å². The highest BCUT2D eigenvalue weighted by Crippen LogP contribution is 2.23. The SMILES string of the molecule is CCCN(C(=O)CCC1CCC(C)O1)C1CCNC1.Cl. The smallest absolute Gasteiger partial charge is 0.222 e. The summed E-state index contributed by atoms with van der Waals surface area (Å²) >= 11 is 0. The lowest BCUT2D eigenvalue weighted by molar-refractivity contribution is -0.134. The summed E-state index contributed by atoms with van der Waals surface area (Å²) in [5.41, 5.74) is 0. The number of halogens is 1. The second-order valence-electron chi connectivity index (χ2n) is 5.92. The third kappa shape index (κ3) is 4.90. The van der Waals surface area contributed by atoms with Crippen molar-refractivity contribution in [3.8, 4) is 0 Å². The third-order valence-electron chi connectivity index (χ3n) is 4.26. The molecule has 5 heteroatoms. The van der Waals surface area contributed by atoms with Gasteiger partial charge in [0.1, 0.15) is 0 Å². The Morgan fingerprint density at radius 2 is 2.15 bits per heavy atom. The number of hydrogen-bond acceptors (Lipinski definition) is 3. The third-order valence-corrected chi connectivity index (χ3v) is 4.26. The van der Waals surface area contributed by atoms with Gasteiger partial charge in [-0.05, 0) is 45.6 Å². The molecule has 2 aliphatic heterocycles. The fourth-order valence-electron chi connectivity index (χ4n) is 3.18. The molecule has 0 aliphatic carbocycles. The zero-order valence-electron chi connectivity index (χ0n) is 12.8. The van der Waals surface area contributed by atoms with Gasteiger partial charge in [0.15, 0.2) is 0 Å². The molecule has 0 aromatic rings. The van der Waals surface area contributed by atoms with Crippen molar-refractivity contribution in [1.29, 1.82) is 0 Å². The van der Waals surface area contributed by atoms with Crippen molar-refractivity contribution >= 4 is 18.3 Å². The average molecular weight is 305 g/mol. The van der Waals surface area contributed by atoms with Gasteiger partial charge >= 0.3 is 0 Å². The Morgan fingerprint density at radius 1 is 1.35 bits per heavy atom. The minimum atomic E-state index is 0. The molecule has 3 unspecified atom stereocenters. The highest BCUT2D eigenvalue weighted by Gasteiger charge is 2.27. The lowest BCUT2D eigenvalue weighted by Crippen LogP contribution is -2.42. The number of carbonyl (C=O) groups is 1. The van der Waals surface area contributed by atoms with Crippen LogP contribution in [0, 0.1) is 0 Å². The maximum Gasteiger partial charge on any atom is 0.222 e. The van der Waals surface area contributed by atoms with Crippen molar-refractivity contribution in [3.05, 3.63) is 0 Å². The van der Waals surface area contributed by atoms with Crippen LogP contribution >= 0.6 is 12.4 Å². The quantitative estimate of drug-likeness (QED) is 0.819. The second-order valence-corrected chi connectivity index (χ2v) is 5.92. The minimum Gasteiger partial charge on any atom is -0.375 e. The average Bonchev–Trinajstić information content (AvgIpc) is 3.04. The summed E-state index contributed by atoms with van der Waals surface area (Å²) < 4.78 is 5.79. The number of carbonyl (C=O) groups excluding carboxylic acids is 1. The standard InChI is InChI=1S/C15H28N2O2.ClH/c1-3-10-17(13-8-9-16-11-13)15(18)7-6-14-5-4-12(2)19-14;/h12-14,16H,3-11H2,1-2H3;1H. The van der Waals surface area contributed by atoms with E-state index in [9.17, 15) is 4.79 Å². The molecule has 2 saturated heterocycles. The van der Waals surface area contributed by atoms with Gasteiger partial charge < -0.3 is 15.0 Å². The molecule has 2 heterocycles. The van der Waals surface area contributed by atoms with E-state index in [2.05, 4.69) is 24.1 Å². The maximum absolute atomic E-state index is 12.4. The van der Waals surface area contributed by atoms with Crippen LogP contribution in [0.3, 0.4) is 0 Å². The van der Waals surface area contributed by atoms with Gasteiger partial charge in [-0.3, -0.25) is 4.79 Å². The van der Waals surface area contributed by atoms with Crippen molar-refractivity contribution in [1.82, 2.24) is 10.2 Å². The Kier molecular flexibility index (Phi) is 7.85. The Morgan fingerprint density at radius 3 is 2.70 bits per heavy atom. The van der Waals surface area contributed by atoms with Crippen LogP contribution in [0.2, 0.25) is 0 Å². The molecule has 2 fully saturated rings. The number of amides is 1. The summed E-state index contributed by atoms with van der Waals surface area (Å²) in [6, 6.07) is 0.413. The van der Waals surface area contributed by atoms with E-state index in [0.29, 0.717) is 30.6 Å². The molecule has 20 heavy (non-hydrogen) atoms. The maximum atomic E-state index is 12.4. The molecular formula is C15H29ClN2O2. The van der Waals surface area contributed by atoms with Gasteiger partial charge in [0, 0.05) is 25.6 Å². The number of nitrogens with one attached hydrogen (secondary N) is 1. The second kappa shape index (κ2) is 8.85. The lowest BCUT2D eigenvalue weighted by Gasteiger charge is -2.28. The molecule has 2 aliphatic rings. The number of nitrogens with zero attached hydrogens (tertiary/aromatic N) is 1. The van der Waals surface area contributed by atoms with Crippen LogP contribution in [0.1, 0.15) is 52.4 Å². The largest absolute Gasteiger partial charge is 0.375 e. The number of hydrogen-bond donors (Lipinski definition) is 1. The summed E-state index contributed by atoms with van der Waals surface area (Å²) in [6.07, 6.45) is 6.63. The molecule has 1 amide bonds. The molecule has 0 bridgehead atoms. The van der Waals surface area contributed by atoms with E-state index in [1.165, 1.54) is 0 Å². The predicted molar refractivity (Wildman–Crippen MR) is 83.3 cm³/mol. The van der Waals surface area contributed by atoms with E-state index >= 15 is 0 Å². The Hall–Kier alpha value is -0.320. The van der Waals surface area contributed by atoms with Crippen LogP contribution in [0.25, 0.3) is 0 Å². The first-order valence-corrected chi connectivity index (χ1v) is 7.86. The zero-order valence-corrected chi connectivity index (χ0v) is 13.6. The van der Waals surface area contributed by atoms with Crippen LogP contribution in [-0.4, -0.2) is 48.7 Å². The zero-order chi connectivity index (χ0) is 13.7. The normalized spacial score (nSPS) is 29.2. The highest BCUT2D eigenvalue weighted by molar-refractivity contribution is 5.85. The number of ether oxygens (including phenoxy) is 1. The van der Waals surface area contributed by atoms with Crippen molar-refractivity contribution in [2.24, 2.45) is 0 Å². The molecule has 0 aromatic heterocycles. The molecule has 0 aromatic carbocycles. The molecule has 118 valence electrons. The number of rotatable bonds is 6. The molecule has 3 atom stereocenters. The van der Waals surface area contributed by atoms with E-state index in [0.717, 1.165) is 51.7 Å². The summed E-state index contributed by atoms with van der Waals surface area (Å²) in [5.74, 6) is 0.318. The first-order valence-electron chi connectivity index (χ1n) is 7.86.